The summed E-state index contributed by atoms with van der Waals surface area (Å²) in [5, 5.41) is -0.130. The fourth-order valence-corrected chi connectivity index (χ4v) is 4.99. The summed E-state index contributed by atoms with van der Waals surface area (Å²) in [5.41, 5.74) is 4.10. The van der Waals surface area contributed by atoms with Crippen LogP contribution in [0.5, 0.6) is 0 Å². The van der Waals surface area contributed by atoms with Gasteiger partial charge in [0.1, 0.15) is 0 Å². The minimum absolute atomic E-state index is 0.0847. The van der Waals surface area contributed by atoms with Crippen molar-refractivity contribution in [1.29, 1.82) is 0 Å². The smallest absolute Gasteiger partial charge is 0.180 e. The predicted octanol–water partition coefficient (Wildman–Crippen LogP) is 6.69. The van der Waals surface area contributed by atoms with Crippen LogP contribution in [0.25, 0.3) is 22.4 Å². The van der Waals surface area contributed by atoms with E-state index >= 15 is 0 Å². The van der Waals surface area contributed by atoms with Crippen LogP contribution in [0.1, 0.15) is 60.1 Å². The summed E-state index contributed by atoms with van der Waals surface area (Å²) in [6, 6.07) is 5.15. The highest BCUT2D eigenvalue weighted by molar-refractivity contribution is 7.92. The van der Waals surface area contributed by atoms with Gasteiger partial charge in [-0.2, -0.15) is 0 Å². The summed E-state index contributed by atoms with van der Waals surface area (Å²) >= 11 is 6.41. The van der Waals surface area contributed by atoms with Crippen molar-refractivity contribution in [2.75, 3.05) is 0 Å². The first kappa shape index (κ1) is 19.4. The van der Waals surface area contributed by atoms with E-state index in [9.17, 15) is 8.42 Å². The summed E-state index contributed by atoms with van der Waals surface area (Å²) in [4.78, 5) is 9.12. The summed E-state index contributed by atoms with van der Waals surface area (Å²) in [7, 11) is -3.45. The van der Waals surface area contributed by atoms with Gasteiger partial charge in [-0.05, 0) is 74.9 Å². The Labute approximate surface area is 194 Å². The molecule has 6 heteroatoms. The third-order valence-electron chi connectivity index (χ3n) is 5.33. The minimum Gasteiger partial charge on any atom is -0.260 e. The molecule has 0 spiro atoms. The van der Waals surface area contributed by atoms with Crippen LogP contribution in [0.15, 0.2) is 41.5 Å². The van der Waals surface area contributed by atoms with Crippen molar-refractivity contribution in [2.45, 2.75) is 64.5 Å². The molecule has 4 nitrogen and oxygen atoms in total. The van der Waals surface area contributed by atoms with E-state index in [4.69, 9.17) is 15.7 Å². The third-order valence-corrected chi connectivity index (χ3v) is 8.02. The molecule has 0 N–H and O–H groups in total. The first-order valence-corrected chi connectivity index (χ1v) is 12.0. The van der Waals surface area contributed by atoms with Gasteiger partial charge in [0.05, 0.1) is 23.6 Å². The van der Waals surface area contributed by atoms with E-state index in [-0.39, 0.29) is 22.7 Å². The number of pyridine rings is 2. The maximum Gasteiger partial charge on any atom is 0.180 e. The Balaban J connectivity index is 2.34. The number of benzene rings is 1. The van der Waals surface area contributed by atoms with Gasteiger partial charge >= 0.3 is 0 Å². The van der Waals surface area contributed by atoms with Gasteiger partial charge in [0.15, 0.2) is 9.84 Å². The molecule has 0 saturated carbocycles. The number of hydrogen-bond donors (Lipinski definition) is 0. The van der Waals surface area contributed by atoms with Crippen LogP contribution in [-0.4, -0.2) is 23.6 Å². The monoisotopic (exact) mass is 459 g/mol. The molecule has 2 heterocycles. The van der Waals surface area contributed by atoms with Gasteiger partial charge in [-0.15, -0.1) is 0 Å². The van der Waals surface area contributed by atoms with Crippen LogP contribution in [0, 0.1) is 20.8 Å². The molecule has 0 aliphatic carbocycles. The Hall–Kier alpha value is -2.24. The van der Waals surface area contributed by atoms with Crippen LogP contribution in [0.3, 0.4) is 0 Å². The van der Waals surface area contributed by atoms with Crippen molar-refractivity contribution >= 4 is 21.4 Å². The Morgan fingerprint density at radius 1 is 1.03 bits per heavy atom. The Morgan fingerprint density at radius 3 is 2.29 bits per heavy atom. The van der Waals surface area contributed by atoms with Crippen LogP contribution >= 0.6 is 11.6 Å². The second-order valence-corrected chi connectivity index (χ2v) is 11.1. The zero-order valence-electron chi connectivity index (χ0n) is 21.9. The molecule has 0 unspecified atom stereocenters. The number of hydrogen-bond acceptors (Lipinski definition) is 4. The highest BCUT2D eigenvalue weighted by Gasteiger charge is 2.23. The second kappa shape index (κ2) is 8.71. The van der Waals surface area contributed by atoms with Crippen LogP contribution in [-0.2, 0) is 9.84 Å². The number of halogens is 1. The van der Waals surface area contributed by atoms with Crippen molar-refractivity contribution in [3.63, 3.8) is 0 Å². The molecule has 2 aromatic heterocycles. The molecule has 0 atom stereocenters. The van der Waals surface area contributed by atoms with Gasteiger partial charge in [0.2, 0.25) is 0 Å². The van der Waals surface area contributed by atoms with Gasteiger partial charge in [-0.1, -0.05) is 37.6 Å². The van der Waals surface area contributed by atoms with Crippen molar-refractivity contribution in [2.24, 2.45) is 0 Å². The molecule has 0 radical (unpaired) electrons. The van der Waals surface area contributed by atoms with Crippen LogP contribution < -0.4 is 0 Å². The lowest BCUT2D eigenvalue weighted by Crippen LogP contribution is -2.15. The van der Waals surface area contributed by atoms with Crippen LogP contribution in [0.4, 0.5) is 0 Å². The Morgan fingerprint density at radius 2 is 1.71 bits per heavy atom. The fourth-order valence-electron chi connectivity index (χ4n) is 3.57. The van der Waals surface area contributed by atoms with Crippen molar-refractivity contribution in [3.05, 3.63) is 64.0 Å². The molecule has 1 aromatic carbocycles. The van der Waals surface area contributed by atoms with Gasteiger partial charge < -0.3 is 0 Å². The zero-order valence-corrected chi connectivity index (χ0v) is 20.5. The number of nitrogens with zero attached hydrogens (tertiary/aromatic N) is 2. The normalized spacial score (nSPS) is 13.8. The zero-order chi connectivity index (χ0) is 25.7. The maximum absolute atomic E-state index is 12.7. The molecule has 0 amide bonds. The molecule has 31 heavy (non-hydrogen) atoms. The number of aromatic nitrogens is 2. The number of aryl methyl sites for hydroxylation is 1. The third kappa shape index (κ3) is 4.39. The molecule has 0 aliphatic heterocycles. The first-order chi connectivity index (χ1) is 15.6. The molecule has 3 aromatic rings. The lowest BCUT2D eigenvalue weighted by molar-refractivity contribution is 0.587. The first-order valence-electron chi connectivity index (χ1n) is 11.6. The summed E-state index contributed by atoms with van der Waals surface area (Å²) in [5.74, 6) is -1.06. The molecule has 164 valence electrons. The fraction of sp³-hybridized carbons (Fsp3) is 0.360. The minimum atomic E-state index is -3.45. The second-order valence-electron chi connectivity index (χ2n) is 8.23. The SMILES string of the molecule is [2H]c1nc(C([2H])(C)C)c(C)c([2H])c1-c1ncc(Cl)c(C)c1-c1ccc(S(=O)(=O)C(C)C)c(C)c1. The topological polar surface area (TPSA) is 59.9 Å². The Kier molecular flexibility index (Phi) is 5.47. The molecular formula is C25H29ClN2O2S. The Bertz CT molecular complexity index is 1400. The van der Waals surface area contributed by atoms with Crippen LogP contribution in [0.2, 0.25) is 5.02 Å². The summed E-state index contributed by atoms with van der Waals surface area (Å²) in [6.07, 6.45) is 1.34. The van der Waals surface area contributed by atoms with Gasteiger partial charge in [0, 0.05) is 30.6 Å². The summed E-state index contributed by atoms with van der Waals surface area (Å²) in [6.45, 7) is 11.9. The molecule has 0 bridgehead atoms. The maximum atomic E-state index is 12.7. The van der Waals surface area contributed by atoms with Crippen molar-refractivity contribution in [1.82, 2.24) is 9.97 Å². The summed E-state index contributed by atoms with van der Waals surface area (Å²) < 4.78 is 51.2. The van der Waals surface area contributed by atoms with Crippen molar-refractivity contribution < 1.29 is 12.5 Å². The predicted molar refractivity (Wildman–Crippen MR) is 129 cm³/mol. The number of sulfone groups is 1. The lowest BCUT2D eigenvalue weighted by Gasteiger charge is -2.17. The molecule has 3 rings (SSSR count). The molecule has 0 aliphatic rings. The van der Waals surface area contributed by atoms with E-state index in [0.29, 0.717) is 44.2 Å². The van der Waals surface area contributed by atoms with E-state index in [2.05, 4.69) is 9.97 Å². The van der Waals surface area contributed by atoms with E-state index in [1.54, 1.807) is 59.7 Å². The average molecular weight is 460 g/mol. The number of rotatable bonds is 5. The molecular weight excluding hydrogens is 428 g/mol. The van der Waals surface area contributed by atoms with Crippen molar-refractivity contribution in [3.8, 4) is 22.4 Å². The van der Waals surface area contributed by atoms with Gasteiger partial charge in [-0.3, -0.25) is 9.97 Å². The van der Waals surface area contributed by atoms with Gasteiger partial charge in [0.25, 0.3) is 0 Å². The largest absolute Gasteiger partial charge is 0.260 e. The molecule has 0 fully saturated rings. The van der Waals surface area contributed by atoms with E-state index in [0.717, 1.165) is 0 Å². The lowest BCUT2D eigenvalue weighted by atomic mass is 9.94. The van der Waals surface area contributed by atoms with E-state index < -0.39 is 21.0 Å². The highest BCUT2D eigenvalue weighted by Crippen LogP contribution is 2.38. The standard InChI is InChI=1S/C25H29ClN2O2S/c1-14(2)24-17(6)11-20(12-27-24)25-23(18(7)21(26)13-28-25)19-8-9-22(16(5)10-19)31(29,30)15(3)4/h8-15H,1-7H3/i11D,12D,14D. The highest BCUT2D eigenvalue weighted by atomic mass is 35.5. The van der Waals surface area contributed by atoms with E-state index in [1.165, 1.54) is 6.20 Å². The van der Waals surface area contributed by atoms with Gasteiger partial charge in [-0.25, -0.2) is 8.42 Å². The average Bonchev–Trinajstić information content (AvgIpc) is 2.72. The van der Waals surface area contributed by atoms with E-state index in [1.807, 2.05) is 6.92 Å². The molecule has 0 saturated heterocycles. The quantitative estimate of drug-likeness (QED) is 0.426.